The van der Waals surface area contributed by atoms with Gasteiger partial charge in [-0.15, -0.1) is 0 Å². The summed E-state index contributed by atoms with van der Waals surface area (Å²) in [5, 5.41) is 4.25. The third kappa shape index (κ3) is 3.98. The Morgan fingerprint density at radius 2 is 2.22 bits per heavy atom. The van der Waals surface area contributed by atoms with E-state index in [0.29, 0.717) is 12.1 Å². The monoisotopic (exact) mass is 267 g/mol. The van der Waals surface area contributed by atoms with Gasteiger partial charge in [0.05, 0.1) is 6.10 Å². The minimum absolute atomic E-state index is 0.415. The average Bonchev–Trinajstić information content (AvgIpc) is 2.41. The minimum atomic E-state index is 0.415. The number of nitrogens with one attached hydrogen (secondary N) is 1. The van der Waals surface area contributed by atoms with Gasteiger partial charge in [0.1, 0.15) is 0 Å². The highest BCUT2D eigenvalue weighted by molar-refractivity contribution is 6.31. The van der Waals surface area contributed by atoms with E-state index in [9.17, 15) is 0 Å². The minimum Gasteiger partial charge on any atom is -0.378 e. The fourth-order valence-corrected chi connectivity index (χ4v) is 2.76. The Morgan fingerprint density at radius 1 is 1.39 bits per heavy atom. The molecule has 0 radical (unpaired) electrons. The van der Waals surface area contributed by atoms with Crippen molar-refractivity contribution in [2.45, 2.75) is 44.2 Å². The summed E-state index contributed by atoms with van der Waals surface area (Å²) in [6.45, 7) is 0.924. The highest BCUT2D eigenvalue weighted by atomic mass is 35.5. The molecule has 0 aliphatic carbocycles. The first-order valence-corrected chi connectivity index (χ1v) is 7.19. The standard InChI is InChI=1S/C15H22ClNO/c1-17-13(11-14-7-4-5-9-18-14)10-12-6-2-3-8-15(12)16/h2-3,6,8,13-14,17H,4-5,7,9-11H2,1H3. The quantitative estimate of drug-likeness (QED) is 0.883. The Hall–Kier alpha value is -0.570. The lowest BCUT2D eigenvalue weighted by atomic mass is 9.97. The molecule has 0 saturated carbocycles. The van der Waals surface area contributed by atoms with Gasteiger partial charge in [0.2, 0.25) is 0 Å². The number of likely N-dealkylation sites (N-methyl/N-ethyl adjacent to an activating group) is 1. The number of benzene rings is 1. The van der Waals surface area contributed by atoms with Crippen LogP contribution in [0.1, 0.15) is 31.2 Å². The van der Waals surface area contributed by atoms with Gasteiger partial charge in [0.25, 0.3) is 0 Å². The van der Waals surface area contributed by atoms with Crippen molar-refractivity contribution in [1.82, 2.24) is 5.32 Å². The molecule has 0 bridgehead atoms. The topological polar surface area (TPSA) is 21.3 Å². The third-order valence-electron chi connectivity index (χ3n) is 3.65. The normalized spacial score (nSPS) is 21.8. The van der Waals surface area contributed by atoms with Gasteiger partial charge in [-0.3, -0.25) is 0 Å². The zero-order valence-corrected chi connectivity index (χ0v) is 11.7. The first-order chi connectivity index (χ1) is 8.79. The Kier molecular flexibility index (Phi) is 5.48. The molecule has 1 fully saturated rings. The first kappa shape index (κ1) is 13.9. The summed E-state index contributed by atoms with van der Waals surface area (Å²) in [6, 6.07) is 8.53. The molecular weight excluding hydrogens is 246 g/mol. The van der Waals surface area contributed by atoms with Crippen LogP contribution in [0, 0.1) is 0 Å². The highest BCUT2D eigenvalue weighted by Gasteiger charge is 2.19. The van der Waals surface area contributed by atoms with Crippen LogP contribution >= 0.6 is 11.6 Å². The fraction of sp³-hybridized carbons (Fsp3) is 0.600. The van der Waals surface area contributed by atoms with Crippen LogP contribution in [-0.4, -0.2) is 25.8 Å². The van der Waals surface area contributed by atoms with E-state index in [1.54, 1.807) is 0 Å². The van der Waals surface area contributed by atoms with Crippen molar-refractivity contribution in [2.75, 3.05) is 13.7 Å². The molecule has 0 aromatic heterocycles. The van der Waals surface area contributed by atoms with Crippen molar-refractivity contribution in [2.24, 2.45) is 0 Å². The van der Waals surface area contributed by atoms with Crippen LogP contribution in [0.2, 0.25) is 5.02 Å². The summed E-state index contributed by atoms with van der Waals surface area (Å²) in [6.07, 6.45) is 6.16. The molecule has 2 unspecified atom stereocenters. The van der Waals surface area contributed by atoms with Gasteiger partial charge in [-0.05, 0) is 50.8 Å². The molecule has 1 aliphatic heterocycles. The van der Waals surface area contributed by atoms with E-state index < -0.39 is 0 Å². The molecule has 0 spiro atoms. The van der Waals surface area contributed by atoms with Gasteiger partial charge in [0, 0.05) is 17.7 Å². The number of hydrogen-bond acceptors (Lipinski definition) is 2. The second-order valence-electron chi connectivity index (χ2n) is 5.01. The molecule has 1 aliphatic rings. The smallest absolute Gasteiger partial charge is 0.0590 e. The fourth-order valence-electron chi connectivity index (χ4n) is 2.54. The predicted octanol–water partition coefficient (Wildman–Crippen LogP) is 3.43. The molecule has 100 valence electrons. The summed E-state index contributed by atoms with van der Waals surface area (Å²) in [7, 11) is 2.02. The molecule has 18 heavy (non-hydrogen) atoms. The van der Waals surface area contributed by atoms with Crippen LogP contribution in [0.3, 0.4) is 0 Å². The van der Waals surface area contributed by atoms with Crippen LogP contribution in [0.15, 0.2) is 24.3 Å². The SMILES string of the molecule is CNC(Cc1ccccc1Cl)CC1CCCCO1. The number of rotatable bonds is 5. The van der Waals surface area contributed by atoms with Crippen molar-refractivity contribution in [3.8, 4) is 0 Å². The number of hydrogen-bond donors (Lipinski definition) is 1. The Labute approximate surface area is 115 Å². The van der Waals surface area contributed by atoms with Crippen LogP contribution in [0.5, 0.6) is 0 Å². The largest absolute Gasteiger partial charge is 0.378 e. The van der Waals surface area contributed by atoms with E-state index in [2.05, 4.69) is 11.4 Å². The van der Waals surface area contributed by atoms with Crippen molar-refractivity contribution >= 4 is 11.6 Å². The molecule has 2 rings (SSSR count). The molecular formula is C15H22ClNO. The van der Waals surface area contributed by atoms with Gasteiger partial charge in [-0.1, -0.05) is 29.8 Å². The van der Waals surface area contributed by atoms with E-state index in [1.807, 2.05) is 25.2 Å². The summed E-state index contributed by atoms with van der Waals surface area (Å²) in [5.74, 6) is 0. The maximum Gasteiger partial charge on any atom is 0.0590 e. The summed E-state index contributed by atoms with van der Waals surface area (Å²) >= 11 is 6.21. The predicted molar refractivity (Wildman–Crippen MR) is 76.2 cm³/mol. The van der Waals surface area contributed by atoms with Crippen molar-refractivity contribution in [3.05, 3.63) is 34.9 Å². The van der Waals surface area contributed by atoms with Crippen molar-refractivity contribution in [1.29, 1.82) is 0 Å². The lowest BCUT2D eigenvalue weighted by Gasteiger charge is -2.27. The Morgan fingerprint density at radius 3 is 2.89 bits per heavy atom. The molecule has 1 aromatic rings. The van der Waals surface area contributed by atoms with Crippen LogP contribution in [-0.2, 0) is 11.2 Å². The zero-order valence-electron chi connectivity index (χ0n) is 11.0. The molecule has 1 N–H and O–H groups in total. The Balaban J connectivity index is 1.90. The van der Waals surface area contributed by atoms with E-state index in [1.165, 1.54) is 24.8 Å². The van der Waals surface area contributed by atoms with Crippen LogP contribution < -0.4 is 5.32 Å². The molecule has 3 heteroatoms. The zero-order chi connectivity index (χ0) is 12.8. The molecule has 1 aromatic carbocycles. The van der Waals surface area contributed by atoms with Crippen molar-refractivity contribution < 1.29 is 4.74 Å². The van der Waals surface area contributed by atoms with Crippen LogP contribution in [0.25, 0.3) is 0 Å². The summed E-state index contributed by atoms with van der Waals surface area (Å²) < 4.78 is 5.81. The first-order valence-electron chi connectivity index (χ1n) is 6.82. The summed E-state index contributed by atoms with van der Waals surface area (Å²) in [5.41, 5.74) is 1.22. The van der Waals surface area contributed by atoms with Gasteiger partial charge < -0.3 is 10.1 Å². The number of halogens is 1. The Bertz CT molecular complexity index is 363. The van der Waals surface area contributed by atoms with E-state index >= 15 is 0 Å². The second-order valence-corrected chi connectivity index (χ2v) is 5.41. The molecule has 1 saturated heterocycles. The van der Waals surface area contributed by atoms with Gasteiger partial charge in [-0.2, -0.15) is 0 Å². The maximum absolute atomic E-state index is 6.21. The molecule has 1 heterocycles. The average molecular weight is 268 g/mol. The van der Waals surface area contributed by atoms with Gasteiger partial charge >= 0.3 is 0 Å². The lowest BCUT2D eigenvalue weighted by Crippen LogP contribution is -2.34. The second kappa shape index (κ2) is 7.13. The molecule has 0 amide bonds. The maximum atomic E-state index is 6.21. The third-order valence-corrected chi connectivity index (χ3v) is 4.02. The van der Waals surface area contributed by atoms with E-state index in [0.717, 1.165) is 24.5 Å². The lowest BCUT2D eigenvalue weighted by molar-refractivity contribution is 0.00569. The molecule has 2 nitrogen and oxygen atoms in total. The van der Waals surface area contributed by atoms with E-state index in [-0.39, 0.29) is 0 Å². The van der Waals surface area contributed by atoms with E-state index in [4.69, 9.17) is 16.3 Å². The summed E-state index contributed by atoms with van der Waals surface area (Å²) in [4.78, 5) is 0. The van der Waals surface area contributed by atoms with Crippen LogP contribution in [0.4, 0.5) is 0 Å². The highest BCUT2D eigenvalue weighted by Crippen LogP contribution is 2.21. The van der Waals surface area contributed by atoms with Gasteiger partial charge in [-0.25, -0.2) is 0 Å². The molecule has 2 atom stereocenters. The number of ether oxygens (including phenoxy) is 1. The van der Waals surface area contributed by atoms with Gasteiger partial charge in [0.15, 0.2) is 0 Å². The van der Waals surface area contributed by atoms with Crippen molar-refractivity contribution in [3.63, 3.8) is 0 Å².